The lowest BCUT2D eigenvalue weighted by Gasteiger charge is -2.04. The van der Waals surface area contributed by atoms with Crippen LogP contribution in [0.2, 0.25) is 5.02 Å². The van der Waals surface area contributed by atoms with Crippen molar-refractivity contribution in [2.75, 3.05) is 5.32 Å². The lowest BCUT2D eigenvalue weighted by atomic mass is 10.2. The Balaban J connectivity index is 1.80. The molecule has 2 aromatic heterocycles. The molecule has 0 aliphatic carbocycles. The third-order valence-corrected chi connectivity index (χ3v) is 4.14. The van der Waals surface area contributed by atoms with E-state index in [1.165, 1.54) is 11.1 Å². The molecule has 5 heteroatoms. The van der Waals surface area contributed by atoms with Crippen molar-refractivity contribution < 1.29 is 0 Å². The van der Waals surface area contributed by atoms with Crippen molar-refractivity contribution in [3.63, 3.8) is 0 Å². The summed E-state index contributed by atoms with van der Waals surface area (Å²) < 4.78 is 1.10. The molecule has 3 aromatic rings. The summed E-state index contributed by atoms with van der Waals surface area (Å²) >= 11 is 7.58. The van der Waals surface area contributed by atoms with Gasteiger partial charge in [-0.25, -0.2) is 4.98 Å². The standard InChI is InChI=1S/C14H12ClN3S/c1-9-4-5-16-7-10(9)8-17-14-18-12-3-2-11(15)6-13(12)19-14/h2-7H,8H2,1H3,(H,17,18). The molecule has 0 amide bonds. The average molecular weight is 290 g/mol. The molecule has 0 radical (unpaired) electrons. The SMILES string of the molecule is Cc1ccncc1CNc1nc2ccc(Cl)cc2s1. The van der Waals surface area contributed by atoms with Crippen LogP contribution in [0.4, 0.5) is 5.13 Å². The number of aromatic nitrogens is 2. The van der Waals surface area contributed by atoms with Crippen molar-refractivity contribution in [3.05, 3.63) is 52.8 Å². The van der Waals surface area contributed by atoms with Crippen molar-refractivity contribution in [1.29, 1.82) is 0 Å². The van der Waals surface area contributed by atoms with Gasteiger partial charge in [-0.3, -0.25) is 4.98 Å². The van der Waals surface area contributed by atoms with Crippen LogP contribution in [0.25, 0.3) is 10.2 Å². The van der Waals surface area contributed by atoms with E-state index in [2.05, 4.69) is 22.2 Å². The maximum Gasteiger partial charge on any atom is 0.184 e. The Bertz CT molecular complexity index is 724. The molecule has 0 atom stereocenters. The minimum atomic E-state index is 0.729. The predicted molar refractivity (Wildman–Crippen MR) is 80.9 cm³/mol. The van der Waals surface area contributed by atoms with Gasteiger partial charge in [0.25, 0.3) is 0 Å². The van der Waals surface area contributed by atoms with E-state index in [1.54, 1.807) is 17.5 Å². The molecule has 2 heterocycles. The fourth-order valence-electron chi connectivity index (χ4n) is 1.83. The van der Waals surface area contributed by atoms with Gasteiger partial charge in [-0.2, -0.15) is 0 Å². The largest absolute Gasteiger partial charge is 0.357 e. The first-order valence-corrected chi connectivity index (χ1v) is 7.11. The van der Waals surface area contributed by atoms with Gasteiger partial charge in [-0.1, -0.05) is 22.9 Å². The fourth-order valence-corrected chi connectivity index (χ4v) is 2.96. The molecule has 0 saturated carbocycles. The fraction of sp³-hybridized carbons (Fsp3) is 0.143. The van der Waals surface area contributed by atoms with Crippen LogP contribution in [0.15, 0.2) is 36.7 Å². The molecule has 96 valence electrons. The van der Waals surface area contributed by atoms with E-state index in [-0.39, 0.29) is 0 Å². The van der Waals surface area contributed by atoms with Crippen molar-refractivity contribution >= 4 is 38.3 Å². The van der Waals surface area contributed by atoms with Crippen LogP contribution in [0.3, 0.4) is 0 Å². The Hall–Kier alpha value is -1.65. The van der Waals surface area contributed by atoms with E-state index < -0.39 is 0 Å². The van der Waals surface area contributed by atoms with Crippen LogP contribution in [0.5, 0.6) is 0 Å². The second-order valence-electron chi connectivity index (χ2n) is 4.29. The summed E-state index contributed by atoms with van der Waals surface area (Å²) in [6, 6.07) is 7.75. The van der Waals surface area contributed by atoms with Crippen LogP contribution in [0, 0.1) is 6.92 Å². The second kappa shape index (κ2) is 5.15. The number of pyridine rings is 1. The van der Waals surface area contributed by atoms with E-state index >= 15 is 0 Å². The summed E-state index contributed by atoms with van der Waals surface area (Å²) in [5.74, 6) is 0. The summed E-state index contributed by atoms with van der Waals surface area (Å²) in [5, 5.41) is 4.98. The highest BCUT2D eigenvalue weighted by atomic mass is 35.5. The van der Waals surface area contributed by atoms with Gasteiger partial charge in [0.05, 0.1) is 10.2 Å². The first-order chi connectivity index (χ1) is 9.22. The van der Waals surface area contributed by atoms with E-state index in [0.717, 1.165) is 26.9 Å². The number of nitrogens with one attached hydrogen (secondary N) is 1. The zero-order valence-electron chi connectivity index (χ0n) is 10.4. The van der Waals surface area contributed by atoms with Crippen LogP contribution < -0.4 is 5.32 Å². The Morgan fingerprint density at radius 2 is 2.21 bits per heavy atom. The molecule has 1 N–H and O–H groups in total. The maximum atomic E-state index is 5.97. The molecule has 0 aliphatic rings. The summed E-state index contributed by atoms with van der Waals surface area (Å²) in [7, 11) is 0. The molecule has 0 fully saturated rings. The number of aryl methyl sites for hydroxylation is 1. The topological polar surface area (TPSA) is 37.8 Å². The zero-order chi connectivity index (χ0) is 13.2. The Morgan fingerprint density at radius 1 is 1.32 bits per heavy atom. The molecule has 3 rings (SSSR count). The third kappa shape index (κ3) is 2.69. The van der Waals surface area contributed by atoms with Gasteiger partial charge in [0.2, 0.25) is 0 Å². The molecular weight excluding hydrogens is 278 g/mol. The van der Waals surface area contributed by atoms with Gasteiger partial charge >= 0.3 is 0 Å². The van der Waals surface area contributed by atoms with Crippen molar-refractivity contribution in [1.82, 2.24) is 9.97 Å². The molecule has 0 unspecified atom stereocenters. The lowest BCUT2D eigenvalue weighted by Crippen LogP contribution is -2.01. The van der Waals surface area contributed by atoms with Gasteiger partial charge in [0.15, 0.2) is 5.13 Å². The summed E-state index contributed by atoms with van der Waals surface area (Å²) in [5.41, 5.74) is 3.38. The zero-order valence-corrected chi connectivity index (χ0v) is 11.9. The highest BCUT2D eigenvalue weighted by Crippen LogP contribution is 2.28. The number of fused-ring (bicyclic) bond motifs is 1. The summed E-state index contributed by atoms with van der Waals surface area (Å²) in [6.45, 7) is 2.81. The Labute approximate surface area is 120 Å². The Kier molecular flexibility index (Phi) is 3.36. The molecule has 0 aliphatic heterocycles. The number of hydrogen-bond donors (Lipinski definition) is 1. The maximum absolute atomic E-state index is 5.97. The lowest BCUT2D eigenvalue weighted by molar-refractivity contribution is 1.08. The number of rotatable bonds is 3. The van der Waals surface area contributed by atoms with Crippen molar-refractivity contribution in [2.24, 2.45) is 0 Å². The quantitative estimate of drug-likeness (QED) is 0.782. The Morgan fingerprint density at radius 3 is 3.05 bits per heavy atom. The molecule has 0 spiro atoms. The van der Waals surface area contributed by atoms with E-state index in [9.17, 15) is 0 Å². The van der Waals surface area contributed by atoms with Crippen molar-refractivity contribution in [2.45, 2.75) is 13.5 Å². The predicted octanol–water partition coefficient (Wildman–Crippen LogP) is 4.27. The van der Waals surface area contributed by atoms with Crippen LogP contribution in [0.1, 0.15) is 11.1 Å². The molecular formula is C14H12ClN3S. The summed E-state index contributed by atoms with van der Waals surface area (Å²) in [6.07, 6.45) is 3.69. The van der Waals surface area contributed by atoms with Gasteiger partial charge in [0, 0.05) is 24.0 Å². The number of hydrogen-bond acceptors (Lipinski definition) is 4. The molecule has 0 bridgehead atoms. The van der Waals surface area contributed by atoms with E-state index in [0.29, 0.717) is 0 Å². The highest BCUT2D eigenvalue weighted by molar-refractivity contribution is 7.22. The summed E-state index contributed by atoms with van der Waals surface area (Å²) in [4.78, 5) is 8.66. The third-order valence-electron chi connectivity index (χ3n) is 2.93. The second-order valence-corrected chi connectivity index (χ2v) is 5.75. The highest BCUT2D eigenvalue weighted by Gasteiger charge is 2.05. The van der Waals surface area contributed by atoms with Crippen molar-refractivity contribution in [3.8, 4) is 0 Å². The molecule has 0 saturated heterocycles. The van der Waals surface area contributed by atoms with Gasteiger partial charge < -0.3 is 5.32 Å². The van der Waals surface area contributed by atoms with Crippen LogP contribution >= 0.6 is 22.9 Å². The monoisotopic (exact) mass is 289 g/mol. The minimum absolute atomic E-state index is 0.729. The van der Waals surface area contributed by atoms with Crippen LogP contribution in [-0.2, 0) is 6.54 Å². The number of benzene rings is 1. The number of anilines is 1. The average Bonchev–Trinajstić information content (AvgIpc) is 2.79. The first kappa shape index (κ1) is 12.4. The number of halogens is 1. The van der Waals surface area contributed by atoms with E-state index in [4.69, 9.17) is 11.6 Å². The smallest absolute Gasteiger partial charge is 0.184 e. The normalized spacial score (nSPS) is 10.8. The van der Waals surface area contributed by atoms with Gasteiger partial charge in [0.1, 0.15) is 0 Å². The van der Waals surface area contributed by atoms with E-state index in [1.807, 2.05) is 30.5 Å². The van der Waals surface area contributed by atoms with Gasteiger partial charge in [-0.15, -0.1) is 0 Å². The molecule has 3 nitrogen and oxygen atoms in total. The van der Waals surface area contributed by atoms with Gasteiger partial charge in [-0.05, 0) is 42.3 Å². The number of thiazole rings is 1. The number of nitrogens with zero attached hydrogens (tertiary/aromatic N) is 2. The molecule has 1 aromatic carbocycles. The van der Waals surface area contributed by atoms with Crippen LogP contribution in [-0.4, -0.2) is 9.97 Å². The first-order valence-electron chi connectivity index (χ1n) is 5.92. The molecule has 19 heavy (non-hydrogen) atoms. The minimum Gasteiger partial charge on any atom is -0.357 e.